The summed E-state index contributed by atoms with van der Waals surface area (Å²) in [6, 6.07) is 0. The Bertz CT molecular complexity index is 774. The van der Waals surface area contributed by atoms with Gasteiger partial charge in [-0.2, -0.15) is 0 Å². The smallest absolute Gasteiger partial charge is 0.303 e. The molecule has 0 aromatic carbocycles. The van der Waals surface area contributed by atoms with Gasteiger partial charge in [-0.25, -0.2) is 0 Å². The van der Waals surface area contributed by atoms with Crippen LogP contribution in [0.25, 0.3) is 0 Å². The minimum atomic E-state index is -1.23. The van der Waals surface area contributed by atoms with E-state index in [0.29, 0.717) is 11.8 Å². The van der Waals surface area contributed by atoms with Crippen molar-refractivity contribution in [3.8, 4) is 0 Å². The molecule has 1 fully saturated rings. The van der Waals surface area contributed by atoms with E-state index in [0.717, 1.165) is 24.8 Å². The number of carbonyl (C=O) groups is 4. The predicted octanol–water partition coefficient (Wildman–Crippen LogP) is 2.47. The van der Waals surface area contributed by atoms with E-state index in [2.05, 4.69) is 19.9 Å². The summed E-state index contributed by atoms with van der Waals surface area (Å²) in [4.78, 5) is 46.9. The first kappa shape index (κ1) is 27.8. The molecule has 1 aliphatic carbocycles. The first-order valence-corrected chi connectivity index (χ1v) is 11.6. The summed E-state index contributed by atoms with van der Waals surface area (Å²) in [6.45, 7) is 9.13. The van der Waals surface area contributed by atoms with Crippen molar-refractivity contribution in [2.45, 2.75) is 91.5 Å². The first-order chi connectivity index (χ1) is 16.0. The monoisotopic (exact) mass is 484 g/mol. The first-order valence-electron chi connectivity index (χ1n) is 11.6. The Morgan fingerprint density at radius 3 is 2.00 bits per heavy atom. The predicted molar refractivity (Wildman–Crippen MR) is 118 cm³/mol. The summed E-state index contributed by atoms with van der Waals surface area (Å²) >= 11 is 0. The van der Waals surface area contributed by atoms with Gasteiger partial charge in [0.1, 0.15) is 12.7 Å². The highest BCUT2D eigenvalue weighted by molar-refractivity contribution is 5.68. The molecule has 0 aromatic rings. The van der Waals surface area contributed by atoms with Crippen molar-refractivity contribution in [2.75, 3.05) is 13.2 Å². The lowest BCUT2D eigenvalue weighted by Gasteiger charge is -2.44. The van der Waals surface area contributed by atoms with Crippen LogP contribution in [0.2, 0.25) is 0 Å². The second-order valence-electron chi connectivity index (χ2n) is 9.02. The zero-order valence-corrected chi connectivity index (χ0v) is 20.7. The van der Waals surface area contributed by atoms with Gasteiger partial charge in [0.25, 0.3) is 0 Å². The number of hydrogen-bond donors (Lipinski definition) is 0. The molecule has 192 valence electrons. The number of rotatable bonds is 9. The summed E-state index contributed by atoms with van der Waals surface area (Å²) in [5, 5.41) is 0. The third-order valence-corrected chi connectivity index (χ3v) is 5.87. The standard InChI is InChI=1S/C24H36O10/c1-13(2)19-9-7-18(8-10-19)11-30-24-23(33-17(6)28)22(32-16(5)27)21(31-15(4)26)20(34-24)12-29-14(3)25/h7,13,19-24H,8-12H2,1-6H3/t19-,20-,21-,22+,23-,24+/m1/s1. The van der Waals surface area contributed by atoms with Crippen LogP contribution in [0.5, 0.6) is 0 Å². The lowest BCUT2D eigenvalue weighted by molar-refractivity contribution is -0.306. The fourth-order valence-corrected chi connectivity index (χ4v) is 4.16. The fraction of sp³-hybridized carbons (Fsp3) is 0.750. The van der Waals surface area contributed by atoms with Crippen molar-refractivity contribution < 1.29 is 47.6 Å². The highest BCUT2D eigenvalue weighted by Crippen LogP contribution is 2.32. The van der Waals surface area contributed by atoms with Crippen molar-refractivity contribution in [1.82, 2.24) is 0 Å². The highest BCUT2D eigenvalue weighted by atomic mass is 16.7. The van der Waals surface area contributed by atoms with E-state index in [1.54, 1.807) is 0 Å². The zero-order valence-electron chi connectivity index (χ0n) is 20.7. The second kappa shape index (κ2) is 12.9. The number of hydrogen-bond acceptors (Lipinski definition) is 10. The molecule has 0 N–H and O–H groups in total. The molecule has 0 spiro atoms. The van der Waals surface area contributed by atoms with E-state index in [4.69, 9.17) is 28.4 Å². The molecule has 2 rings (SSSR count). The summed E-state index contributed by atoms with van der Waals surface area (Å²) in [6.07, 6.45) is -0.759. The third kappa shape index (κ3) is 8.39. The molecule has 10 nitrogen and oxygen atoms in total. The average molecular weight is 485 g/mol. The van der Waals surface area contributed by atoms with Crippen LogP contribution in [-0.2, 0) is 47.6 Å². The SMILES string of the molecule is CC(=O)OC[C@H]1O[C@H](OCC2=CC[C@@H](C(C)C)CC2)[C@H](OC(C)=O)[C@@H](OC(C)=O)[C@@H]1OC(C)=O. The fourth-order valence-electron chi connectivity index (χ4n) is 4.16. The third-order valence-electron chi connectivity index (χ3n) is 5.87. The Morgan fingerprint density at radius 2 is 1.50 bits per heavy atom. The van der Waals surface area contributed by atoms with Crippen molar-refractivity contribution >= 4 is 23.9 Å². The Labute approximate surface area is 200 Å². The molecule has 34 heavy (non-hydrogen) atoms. The number of ether oxygens (including phenoxy) is 6. The van der Waals surface area contributed by atoms with Gasteiger partial charge >= 0.3 is 23.9 Å². The van der Waals surface area contributed by atoms with Crippen LogP contribution in [0.1, 0.15) is 60.8 Å². The zero-order chi connectivity index (χ0) is 25.4. The van der Waals surface area contributed by atoms with E-state index in [1.807, 2.05) is 0 Å². The lowest BCUT2D eigenvalue weighted by Crippen LogP contribution is -2.63. The Hall–Kier alpha value is -2.46. The lowest BCUT2D eigenvalue weighted by atomic mass is 9.82. The van der Waals surface area contributed by atoms with Gasteiger partial charge in [0.15, 0.2) is 24.6 Å². The highest BCUT2D eigenvalue weighted by Gasteiger charge is 2.52. The molecule has 0 bridgehead atoms. The van der Waals surface area contributed by atoms with Gasteiger partial charge in [-0.1, -0.05) is 19.9 Å². The molecule has 0 radical (unpaired) electrons. The Kier molecular flexibility index (Phi) is 10.5. The van der Waals surface area contributed by atoms with Gasteiger partial charge < -0.3 is 28.4 Å². The summed E-state index contributed by atoms with van der Waals surface area (Å²) in [5.74, 6) is -1.36. The normalized spacial score (nSPS) is 29.1. The van der Waals surface area contributed by atoms with Crippen LogP contribution in [-0.4, -0.2) is 67.8 Å². The van der Waals surface area contributed by atoms with Gasteiger partial charge in [0, 0.05) is 27.7 Å². The number of esters is 4. The van der Waals surface area contributed by atoms with Gasteiger partial charge in [-0.15, -0.1) is 0 Å². The topological polar surface area (TPSA) is 124 Å². The van der Waals surface area contributed by atoms with Crippen LogP contribution >= 0.6 is 0 Å². The molecule has 6 atom stereocenters. The largest absolute Gasteiger partial charge is 0.463 e. The maximum atomic E-state index is 11.9. The van der Waals surface area contributed by atoms with Crippen LogP contribution in [0.3, 0.4) is 0 Å². The maximum absolute atomic E-state index is 11.9. The molecular formula is C24H36O10. The van der Waals surface area contributed by atoms with Crippen LogP contribution < -0.4 is 0 Å². The van der Waals surface area contributed by atoms with E-state index < -0.39 is 54.6 Å². The van der Waals surface area contributed by atoms with Gasteiger partial charge in [0.2, 0.25) is 0 Å². The van der Waals surface area contributed by atoms with Crippen molar-refractivity contribution in [2.24, 2.45) is 11.8 Å². The number of carbonyl (C=O) groups excluding carboxylic acids is 4. The van der Waals surface area contributed by atoms with Crippen LogP contribution in [0.4, 0.5) is 0 Å². The molecule has 1 saturated heterocycles. The van der Waals surface area contributed by atoms with Crippen molar-refractivity contribution in [1.29, 1.82) is 0 Å². The van der Waals surface area contributed by atoms with Crippen molar-refractivity contribution in [3.63, 3.8) is 0 Å². The van der Waals surface area contributed by atoms with Gasteiger partial charge in [-0.05, 0) is 36.7 Å². The van der Waals surface area contributed by atoms with Crippen molar-refractivity contribution in [3.05, 3.63) is 11.6 Å². The molecule has 0 amide bonds. The van der Waals surface area contributed by atoms with Gasteiger partial charge in [0.05, 0.1) is 6.61 Å². The molecule has 0 unspecified atom stereocenters. The average Bonchev–Trinajstić information content (AvgIpc) is 2.73. The summed E-state index contributed by atoms with van der Waals surface area (Å²) < 4.78 is 33.2. The Morgan fingerprint density at radius 1 is 0.912 bits per heavy atom. The second-order valence-corrected chi connectivity index (χ2v) is 9.02. The summed E-state index contributed by atoms with van der Waals surface area (Å²) in [5.41, 5.74) is 1.09. The van der Waals surface area contributed by atoms with E-state index in [9.17, 15) is 19.2 Å². The van der Waals surface area contributed by atoms with E-state index >= 15 is 0 Å². The Balaban J connectivity index is 2.27. The number of allylic oxidation sites excluding steroid dienone is 1. The molecule has 1 heterocycles. The molecule has 10 heteroatoms. The van der Waals surface area contributed by atoms with Gasteiger partial charge in [-0.3, -0.25) is 19.2 Å². The molecule has 1 aliphatic heterocycles. The minimum Gasteiger partial charge on any atom is -0.463 e. The van der Waals surface area contributed by atoms with Crippen LogP contribution in [0.15, 0.2) is 11.6 Å². The summed E-state index contributed by atoms with van der Waals surface area (Å²) in [7, 11) is 0. The van der Waals surface area contributed by atoms with E-state index in [-0.39, 0.29) is 13.2 Å². The van der Waals surface area contributed by atoms with Crippen LogP contribution in [0, 0.1) is 11.8 Å². The molecule has 2 aliphatic rings. The molecule has 0 saturated carbocycles. The minimum absolute atomic E-state index is 0.221. The molecule has 0 aromatic heterocycles. The van der Waals surface area contributed by atoms with E-state index in [1.165, 1.54) is 27.7 Å². The maximum Gasteiger partial charge on any atom is 0.303 e. The molecular weight excluding hydrogens is 448 g/mol. The quantitative estimate of drug-likeness (QED) is 0.274.